The molecule has 242 valence electrons. The van der Waals surface area contributed by atoms with Gasteiger partial charge in [0.15, 0.2) is 11.5 Å². The Labute approximate surface area is 267 Å². The molecule has 0 aliphatic rings. The van der Waals surface area contributed by atoms with Crippen LogP contribution in [0.3, 0.4) is 0 Å². The smallest absolute Gasteiger partial charge is 0.268 e. The number of aliphatic carboxylic acids is 1. The minimum atomic E-state index is -1.43. The molecule has 1 aromatic heterocycles. The maximum absolute atomic E-state index is 14.3. The maximum atomic E-state index is 14.3. The van der Waals surface area contributed by atoms with Crippen LogP contribution in [-0.4, -0.2) is 53.1 Å². The Balaban J connectivity index is 1.91. The Morgan fingerprint density at radius 1 is 0.935 bits per heavy atom. The summed E-state index contributed by atoms with van der Waals surface area (Å²) in [6, 6.07) is 20.4. The number of ether oxygens (including phenoxy) is 2. The molecule has 0 saturated heterocycles. The quantitative estimate of drug-likeness (QED) is 0.183. The van der Waals surface area contributed by atoms with E-state index < -0.39 is 30.4 Å². The Morgan fingerprint density at radius 3 is 2.22 bits per heavy atom. The highest BCUT2D eigenvalue weighted by atomic mass is 19.1. The third kappa shape index (κ3) is 7.82. The fraction of sp³-hybridized carbons (Fsp3) is 0.278. The molecular formula is C36H38FN2O7-. The zero-order valence-corrected chi connectivity index (χ0v) is 26.2. The van der Waals surface area contributed by atoms with Crippen molar-refractivity contribution in [1.82, 2.24) is 9.88 Å². The number of nitrogens with zero attached hydrogens (tertiary/aromatic N) is 1. The van der Waals surface area contributed by atoms with Gasteiger partial charge in [-0.15, -0.1) is 0 Å². The van der Waals surface area contributed by atoms with Crippen LogP contribution in [0.2, 0.25) is 0 Å². The highest BCUT2D eigenvalue weighted by Gasteiger charge is 2.29. The van der Waals surface area contributed by atoms with Crippen LogP contribution in [0.1, 0.15) is 54.5 Å². The number of aromatic nitrogens is 1. The van der Waals surface area contributed by atoms with Gasteiger partial charge < -0.3 is 39.5 Å². The van der Waals surface area contributed by atoms with E-state index in [2.05, 4.69) is 5.32 Å². The van der Waals surface area contributed by atoms with Crippen LogP contribution < -0.4 is 19.9 Å². The predicted octanol–water partition coefficient (Wildman–Crippen LogP) is 4.75. The topological polar surface area (TPSA) is 133 Å². The molecule has 1 heterocycles. The molecule has 9 nitrogen and oxygen atoms in total. The van der Waals surface area contributed by atoms with Crippen molar-refractivity contribution in [2.45, 2.75) is 51.5 Å². The highest BCUT2D eigenvalue weighted by Crippen LogP contribution is 2.42. The number of carboxylic acid groups (broad SMARTS) is 1. The first kappa shape index (κ1) is 34.0. The highest BCUT2D eigenvalue weighted by molar-refractivity contribution is 6.06. The summed E-state index contributed by atoms with van der Waals surface area (Å²) in [5.74, 6) is -1.21. The van der Waals surface area contributed by atoms with Crippen molar-refractivity contribution in [2.24, 2.45) is 0 Å². The van der Waals surface area contributed by atoms with E-state index in [1.54, 1.807) is 30.3 Å². The number of aliphatic hydroxyl groups is 2. The van der Waals surface area contributed by atoms with E-state index in [4.69, 9.17) is 9.47 Å². The molecule has 0 aliphatic carbocycles. The fourth-order valence-corrected chi connectivity index (χ4v) is 5.51. The molecule has 0 saturated carbocycles. The van der Waals surface area contributed by atoms with E-state index >= 15 is 0 Å². The lowest BCUT2D eigenvalue weighted by Crippen LogP contribution is -2.29. The molecular weight excluding hydrogens is 591 g/mol. The van der Waals surface area contributed by atoms with Gasteiger partial charge in [-0.3, -0.25) is 4.79 Å². The molecule has 4 rings (SSSR count). The Bertz CT molecular complexity index is 1680. The SMILES string of the molecule is COc1cccc(CNC(=O)c2c(-c3ccccc3)c(-c3ccc(F)cc3)c(/C=C/[C@@H](O)C[C@@H](O)CC(=O)[O-])n2C(C)C)c1OC. The summed E-state index contributed by atoms with van der Waals surface area (Å²) in [6.07, 6.45) is -0.285. The number of para-hydroxylation sites is 1. The van der Waals surface area contributed by atoms with Gasteiger partial charge in [-0.2, -0.15) is 0 Å². The number of methoxy groups -OCH3 is 2. The average molecular weight is 630 g/mol. The second-order valence-corrected chi connectivity index (χ2v) is 11.0. The van der Waals surface area contributed by atoms with Gasteiger partial charge in [0.1, 0.15) is 11.5 Å². The summed E-state index contributed by atoms with van der Waals surface area (Å²) in [7, 11) is 3.06. The lowest BCUT2D eigenvalue weighted by molar-refractivity contribution is -0.307. The van der Waals surface area contributed by atoms with Crippen molar-refractivity contribution in [1.29, 1.82) is 0 Å². The number of rotatable bonds is 14. The zero-order chi connectivity index (χ0) is 33.4. The number of hydrogen-bond donors (Lipinski definition) is 3. The van der Waals surface area contributed by atoms with Crippen LogP contribution in [0.15, 0.2) is 78.9 Å². The van der Waals surface area contributed by atoms with Crippen molar-refractivity contribution in [3.63, 3.8) is 0 Å². The second-order valence-electron chi connectivity index (χ2n) is 11.0. The molecule has 0 aliphatic heterocycles. The van der Waals surface area contributed by atoms with Crippen molar-refractivity contribution in [2.75, 3.05) is 14.2 Å². The largest absolute Gasteiger partial charge is 0.550 e. The van der Waals surface area contributed by atoms with Crippen LogP contribution in [0.25, 0.3) is 28.3 Å². The molecule has 0 radical (unpaired) electrons. The summed E-state index contributed by atoms with van der Waals surface area (Å²) < 4.78 is 26.9. The Kier molecular flexibility index (Phi) is 11.3. The molecule has 3 N–H and O–H groups in total. The molecule has 0 fully saturated rings. The Morgan fingerprint density at radius 2 is 1.61 bits per heavy atom. The summed E-state index contributed by atoms with van der Waals surface area (Å²) in [5.41, 5.74) is 4.20. The third-order valence-electron chi connectivity index (χ3n) is 7.49. The molecule has 0 bridgehead atoms. The van der Waals surface area contributed by atoms with E-state index in [-0.39, 0.29) is 24.9 Å². The van der Waals surface area contributed by atoms with E-state index in [9.17, 15) is 29.3 Å². The van der Waals surface area contributed by atoms with Gasteiger partial charge in [-0.05, 0) is 49.2 Å². The van der Waals surface area contributed by atoms with E-state index in [0.717, 1.165) is 5.56 Å². The van der Waals surface area contributed by atoms with Crippen molar-refractivity contribution >= 4 is 18.0 Å². The van der Waals surface area contributed by atoms with Gasteiger partial charge >= 0.3 is 0 Å². The number of carbonyl (C=O) groups excluding carboxylic acids is 2. The number of halogens is 1. The van der Waals surface area contributed by atoms with Crippen molar-refractivity contribution < 1.29 is 38.8 Å². The number of nitrogens with one attached hydrogen (secondary N) is 1. The van der Waals surface area contributed by atoms with Gasteiger partial charge in [-0.25, -0.2) is 4.39 Å². The summed E-state index contributed by atoms with van der Waals surface area (Å²) in [6.45, 7) is 3.97. The first-order valence-corrected chi connectivity index (χ1v) is 14.9. The normalized spacial score (nSPS) is 12.7. The van der Waals surface area contributed by atoms with Crippen LogP contribution in [0, 0.1) is 5.82 Å². The van der Waals surface area contributed by atoms with Gasteiger partial charge in [0, 0.05) is 53.8 Å². The number of carboxylic acids is 1. The lowest BCUT2D eigenvalue weighted by Gasteiger charge is -2.18. The molecule has 46 heavy (non-hydrogen) atoms. The number of hydrogen-bond acceptors (Lipinski definition) is 7. The number of amides is 1. The minimum Gasteiger partial charge on any atom is -0.550 e. The first-order chi connectivity index (χ1) is 22.0. The molecule has 10 heteroatoms. The first-order valence-electron chi connectivity index (χ1n) is 14.9. The fourth-order valence-electron chi connectivity index (χ4n) is 5.51. The minimum absolute atomic E-state index is 0.128. The van der Waals surface area contributed by atoms with Crippen LogP contribution in [0.4, 0.5) is 4.39 Å². The van der Waals surface area contributed by atoms with Gasteiger partial charge in [-0.1, -0.05) is 60.7 Å². The number of carbonyl (C=O) groups is 2. The van der Waals surface area contributed by atoms with Gasteiger partial charge in [0.2, 0.25) is 0 Å². The molecule has 0 unspecified atom stereocenters. The molecule has 1 amide bonds. The predicted molar refractivity (Wildman–Crippen MR) is 172 cm³/mol. The van der Waals surface area contributed by atoms with Crippen LogP contribution in [0.5, 0.6) is 11.5 Å². The van der Waals surface area contributed by atoms with E-state index in [1.807, 2.05) is 54.8 Å². The number of benzene rings is 3. The maximum Gasteiger partial charge on any atom is 0.268 e. The standard InChI is InChI=1S/C36H39FN2O7/c1-22(2)39-29(18-17-27(40)19-28(41)20-31(42)43)32(24-13-15-26(37)16-14-24)33(23-9-6-5-7-10-23)34(39)36(44)38-21-25-11-8-12-30(45-3)35(25)46-4/h5-18,22,27-28,40-41H,19-21H2,1-4H3,(H,38,44)(H,42,43)/p-1/b18-17+/t27-,28-/m1/s1. The molecule has 4 aromatic rings. The summed E-state index contributed by atoms with van der Waals surface area (Å²) in [5, 5.41) is 34.7. The van der Waals surface area contributed by atoms with E-state index in [1.165, 1.54) is 32.4 Å². The molecule has 0 spiro atoms. The lowest BCUT2D eigenvalue weighted by atomic mass is 9.94. The van der Waals surface area contributed by atoms with Gasteiger partial charge in [0.05, 0.1) is 26.4 Å². The molecule has 3 aromatic carbocycles. The number of aliphatic hydroxyl groups excluding tert-OH is 2. The third-order valence-corrected chi connectivity index (χ3v) is 7.49. The second kappa shape index (κ2) is 15.4. The Hall–Kier alpha value is -4.93. The van der Waals surface area contributed by atoms with Crippen molar-refractivity contribution in [3.05, 3.63) is 102 Å². The van der Waals surface area contributed by atoms with Gasteiger partial charge in [0.25, 0.3) is 5.91 Å². The summed E-state index contributed by atoms with van der Waals surface area (Å²) in [4.78, 5) is 25.2. The van der Waals surface area contributed by atoms with Crippen molar-refractivity contribution in [3.8, 4) is 33.8 Å². The monoisotopic (exact) mass is 629 g/mol. The van der Waals surface area contributed by atoms with Crippen LogP contribution >= 0.6 is 0 Å². The van der Waals surface area contributed by atoms with E-state index in [0.29, 0.717) is 45.1 Å². The molecule has 2 atom stereocenters. The summed E-state index contributed by atoms with van der Waals surface area (Å²) >= 11 is 0. The zero-order valence-electron chi connectivity index (χ0n) is 26.2. The van der Waals surface area contributed by atoms with Crippen LogP contribution in [-0.2, 0) is 11.3 Å². The average Bonchev–Trinajstić information content (AvgIpc) is 3.38.